The van der Waals surface area contributed by atoms with Crippen LogP contribution in [-0.4, -0.2) is 6.67 Å². The number of hydrogen-bond acceptors (Lipinski definition) is 0. The van der Waals surface area contributed by atoms with Crippen molar-refractivity contribution < 1.29 is 4.39 Å². The summed E-state index contributed by atoms with van der Waals surface area (Å²) in [6.07, 6.45) is 24.4. The molecule has 1 heteroatoms. The molecule has 0 spiro atoms. The van der Waals surface area contributed by atoms with Gasteiger partial charge in [0.1, 0.15) is 0 Å². The van der Waals surface area contributed by atoms with Crippen LogP contribution in [-0.2, 0) is 0 Å². The monoisotopic (exact) mass is 328 g/mol. The topological polar surface area (TPSA) is 0 Å². The minimum atomic E-state index is -0.127. The highest BCUT2D eigenvalue weighted by Gasteiger charge is 2.00. The summed E-state index contributed by atoms with van der Waals surface area (Å²) in [5.41, 5.74) is 0. The van der Waals surface area contributed by atoms with Crippen molar-refractivity contribution in [2.75, 3.05) is 6.67 Å². The fourth-order valence-corrected chi connectivity index (χ4v) is 3.52. The first-order chi connectivity index (χ1) is 11.3. The molecule has 0 nitrogen and oxygen atoms in total. The van der Waals surface area contributed by atoms with Gasteiger partial charge in [-0.25, -0.2) is 0 Å². The molecule has 0 saturated carbocycles. The standard InChI is InChI=1S/C22H45F/c1-3-19-22(2)20-17-15-13-11-9-7-5-4-6-8-10-12-14-16-18-21-23/h22H,3-21H2,1-2H3. The quantitative estimate of drug-likeness (QED) is 0.208. The van der Waals surface area contributed by atoms with Crippen molar-refractivity contribution in [1.29, 1.82) is 0 Å². The van der Waals surface area contributed by atoms with E-state index in [0.717, 1.165) is 18.8 Å². The zero-order valence-electron chi connectivity index (χ0n) is 16.4. The molecule has 0 radical (unpaired) electrons. The lowest BCUT2D eigenvalue weighted by molar-refractivity contribution is 0.447. The summed E-state index contributed by atoms with van der Waals surface area (Å²) in [4.78, 5) is 0. The second-order valence-electron chi connectivity index (χ2n) is 7.67. The number of halogens is 1. The SMILES string of the molecule is CCCC(C)CCCCCCCCCCCCCCCCCF. The zero-order chi connectivity index (χ0) is 17.0. The molecule has 140 valence electrons. The van der Waals surface area contributed by atoms with Crippen LogP contribution in [0.1, 0.15) is 129 Å². The summed E-state index contributed by atoms with van der Waals surface area (Å²) >= 11 is 0. The molecule has 0 aliphatic carbocycles. The van der Waals surface area contributed by atoms with E-state index in [4.69, 9.17) is 0 Å². The van der Waals surface area contributed by atoms with Gasteiger partial charge >= 0.3 is 0 Å². The summed E-state index contributed by atoms with van der Waals surface area (Å²) < 4.78 is 11.9. The third-order valence-corrected chi connectivity index (χ3v) is 5.11. The normalized spacial score (nSPS) is 12.7. The van der Waals surface area contributed by atoms with Gasteiger partial charge in [-0.05, 0) is 12.3 Å². The predicted molar refractivity (Wildman–Crippen MR) is 104 cm³/mol. The minimum Gasteiger partial charge on any atom is -0.251 e. The van der Waals surface area contributed by atoms with E-state index in [0.29, 0.717) is 0 Å². The van der Waals surface area contributed by atoms with Crippen molar-refractivity contribution in [2.45, 2.75) is 129 Å². The van der Waals surface area contributed by atoms with Gasteiger partial charge in [-0.15, -0.1) is 0 Å². The Morgan fingerprint density at radius 1 is 0.522 bits per heavy atom. The first-order valence-electron chi connectivity index (χ1n) is 10.9. The van der Waals surface area contributed by atoms with E-state index in [1.54, 1.807) is 0 Å². The van der Waals surface area contributed by atoms with Crippen molar-refractivity contribution in [1.82, 2.24) is 0 Å². The van der Waals surface area contributed by atoms with E-state index in [1.165, 1.54) is 103 Å². The lowest BCUT2D eigenvalue weighted by Crippen LogP contribution is -1.93. The van der Waals surface area contributed by atoms with Crippen LogP contribution < -0.4 is 0 Å². The Balaban J connectivity index is 3.00. The zero-order valence-corrected chi connectivity index (χ0v) is 16.4. The largest absolute Gasteiger partial charge is 0.251 e. The maximum atomic E-state index is 11.9. The summed E-state index contributed by atoms with van der Waals surface area (Å²) in [6, 6.07) is 0. The van der Waals surface area contributed by atoms with E-state index < -0.39 is 0 Å². The van der Waals surface area contributed by atoms with E-state index in [-0.39, 0.29) is 6.67 Å². The second kappa shape index (κ2) is 20.0. The minimum absolute atomic E-state index is 0.127. The fourth-order valence-electron chi connectivity index (χ4n) is 3.52. The highest BCUT2D eigenvalue weighted by Crippen LogP contribution is 2.17. The number of alkyl halides is 1. The third kappa shape index (κ3) is 19.9. The smallest absolute Gasteiger partial charge is 0.0894 e. The summed E-state index contributed by atoms with van der Waals surface area (Å²) in [6.45, 7) is 4.58. The lowest BCUT2D eigenvalue weighted by Gasteiger charge is -2.09. The molecule has 0 fully saturated rings. The molecule has 23 heavy (non-hydrogen) atoms. The van der Waals surface area contributed by atoms with Crippen LogP contribution >= 0.6 is 0 Å². The van der Waals surface area contributed by atoms with Crippen LogP contribution in [0.2, 0.25) is 0 Å². The Labute approximate surface area is 147 Å². The number of rotatable bonds is 19. The molecule has 0 aliphatic heterocycles. The maximum absolute atomic E-state index is 11.9. The van der Waals surface area contributed by atoms with Gasteiger partial charge in [0.2, 0.25) is 0 Å². The van der Waals surface area contributed by atoms with Crippen LogP contribution in [0, 0.1) is 5.92 Å². The highest BCUT2D eigenvalue weighted by atomic mass is 19.1. The summed E-state index contributed by atoms with van der Waals surface area (Å²) in [5, 5.41) is 0. The molecular formula is C22H45F. The van der Waals surface area contributed by atoms with Crippen molar-refractivity contribution in [3.8, 4) is 0 Å². The van der Waals surface area contributed by atoms with Gasteiger partial charge in [-0.1, -0.05) is 123 Å². The Kier molecular flexibility index (Phi) is 19.9. The molecule has 1 atom stereocenters. The van der Waals surface area contributed by atoms with Gasteiger partial charge in [-0.3, -0.25) is 4.39 Å². The van der Waals surface area contributed by atoms with Gasteiger partial charge in [0, 0.05) is 0 Å². The second-order valence-corrected chi connectivity index (χ2v) is 7.67. The molecule has 0 aliphatic rings. The molecule has 0 amide bonds. The molecule has 1 unspecified atom stereocenters. The number of unbranched alkanes of at least 4 members (excludes halogenated alkanes) is 14. The fraction of sp³-hybridized carbons (Fsp3) is 1.00. The van der Waals surface area contributed by atoms with Crippen LogP contribution in [0.4, 0.5) is 4.39 Å². The predicted octanol–water partition coefficient (Wildman–Crippen LogP) is 8.63. The van der Waals surface area contributed by atoms with Crippen molar-refractivity contribution in [3.05, 3.63) is 0 Å². The molecule has 0 bridgehead atoms. The maximum Gasteiger partial charge on any atom is 0.0894 e. The summed E-state index contributed by atoms with van der Waals surface area (Å²) in [7, 11) is 0. The van der Waals surface area contributed by atoms with Crippen LogP contribution in [0.3, 0.4) is 0 Å². The van der Waals surface area contributed by atoms with E-state index >= 15 is 0 Å². The molecule has 0 rings (SSSR count). The van der Waals surface area contributed by atoms with Gasteiger partial charge in [-0.2, -0.15) is 0 Å². The van der Waals surface area contributed by atoms with Crippen LogP contribution in [0.5, 0.6) is 0 Å². The molecule has 0 aromatic heterocycles. The molecule has 0 aromatic rings. The lowest BCUT2D eigenvalue weighted by atomic mass is 9.98. The number of hydrogen-bond donors (Lipinski definition) is 0. The van der Waals surface area contributed by atoms with Crippen molar-refractivity contribution >= 4 is 0 Å². The Morgan fingerprint density at radius 3 is 1.22 bits per heavy atom. The first kappa shape index (κ1) is 22.9. The van der Waals surface area contributed by atoms with E-state index in [1.807, 2.05) is 0 Å². The van der Waals surface area contributed by atoms with E-state index in [9.17, 15) is 4.39 Å². The third-order valence-electron chi connectivity index (χ3n) is 5.11. The highest BCUT2D eigenvalue weighted by molar-refractivity contribution is 4.54. The van der Waals surface area contributed by atoms with Gasteiger partial charge in [0.25, 0.3) is 0 Å². The summed E-state index contributed by atoms with van der Waals surface area (Å²) in [5.74, 6) is 0.948. The molecule has 0 heterocycles. The Morgan fingerprint density at radius 2 is 0.870 bits per heavy atom. The molecular weight excluding hydrogens is 283 g/mol. The van der Waals surface area contributed by atoms with Gasteiger partial charge < -0.3 is 0 Å². The molecule has 0 aromatic carbocycles. The molecule has 0 saturated heterocycles. The first-order valence-corrected chi connectivity index (χ1v) is 10.9. The average Bonchev–Trinajstić information content (AvgIpc) is 2.54. The van der Waals surface area contributed by atoms with E-state index in [2.05, 4.69) is 13.8 Å². The Bertz CT molecular complexity index is 202. The Hall–Kier alpha value is -0.0700. The van der Waals surface area contributed by atoms with Crippen LogP contribution in [0.15, 0.2) is 0 Å². The average molecular weight is 329 g/mol. The van der Waals surface area contributed by atoms with Gasteiger partial charge in [0.15, 0.2) is 0 Å². The molecule has 0 N–H and O–H groups in total. The van der Waals surface area contributed by atoms with Crippen LogP contribution in [0.25, 0.3) is 0 Å². The van der Waals surface area contributed by atoms with Crippen molar-refractivity contribution in [3.63, 3.8) is 0 Å². The van der Waals surface area contributed by atoms with Crippen molar-refractivity contribution in [2.24, 2.45) is 5.92 Å². The van der Waals surface area contributed by atoms with Gasteiger partial charge in [0.05, 0.1) is 6.67 Å².